The maximum absolute atomic E-state index is 12.2. The third-order valence-electron chi connectivity index (χ3n) is 3.50. The molecule has 0 spiro atoms. The Kier molecular flexibility index (Phi) is 4.21. The van der Waals surface area contributed by atoms with Crippen LogP contribution in [0.25, 0.3) is 0 Å². The number of nitrogens with zero attached hydrogens (tertiary/aromatic N) is 1. The standard InChI is InChI=1S/C17H15ClN2O3/c1-11-2-5-13(6-3-11)19-16(21)9-20-14-8-12(18)4-7-15(14)23-10-17(20)22/h2-8H,9-10H2,1H3,(H,19,21). The molecule has 1 N–H and O–H groups in total. The fraction of sp³-hybridized carbons (Fsp3) is 0.176. The molecule has 0 aromatic heterocycles. The molecule has 1 aliphatic heterocycles. The van der Waals surface area contributed by atoms with Crippen LogP contribution in [0.15, 0.2) is 42.5 Å². The molecule has 0 saturated carbocycles. The molecule has 0 bridgehead atoms. The number of amides is 2. The van der Waals surface area contributed by atoms with E-state index in [1.54, 1.807) is 18.2 Å². The molecule has 2 aromatic rings. The zero-order valence-electron chi connectivity index (χ0n) is 12.5. The molecule has 0 aliphatic carbocycles. The Balaban J connectivity index is 1.76. The number of hydrogen-bond donors (Lipinski definition) is 1. The quantitative estimate of drug-likeness (QED) is 0.941. The molecule has 23 heavy (non-hydrogen) atoms. The monoisotopic (exact) mass is 330 g/mol. The largest absolute Gasteiger partial charge is 0.482 e. The number of hydrogen-bond acceptors (Lipinski definition) is 3. The molecule has 1 aliphatic rings. The predicted octanol–water partition coefficient (Wildman–Crippen LogP) is 3.01. The van der Waals surface area contributed by atoms with Crippen LogP contribution >= 0.6 is 11.6 Å². The molecule has 2 amide bonds. The number of fused-ring (bicyclic) bond motifs is 1. The zero-order chi connectivity index (χ0) is 16.4. The zero-order valence-corrected chi connectivity index (χ0v) is 13.3. The number of rotatable bonds is 3. The van der Waals surface area contributed by atoms with Gasteiger partial charge in [0, 0.05) is 10.7 Å². The second kappa shape index (κ2) is 6.30. The van der Waals surface area contributed by atoms with Crippen molar-refractivity contribution in [2.24, 2.45) is 0 Å². The van der Waals surface area contributed by atoms with Crippen molar-refractivity contribution >= 4 is 34.8 Å². The lowest BCUT2D eigenvalue weighted by Gasteiger charge is -2.29. The molecule has 6 heteroatoms. The van der Waals surface area contributed by atoms with Crippen molar-refractivity contribution in [3.63, 3.8) is 0 Å². The smallest absolute Gasteiger partial charge is 0.265 e. The Morgan fingerprint density at radius 1 is 1.26 bits per heavy atom. The Morgan fingerprint density at radius 2 is 2.00 bits per heavy atom. The van der Waals surface area contributed by atoms with Crippen molar-refractivity contribution in [3.8, 4) is 5.75 Å². The van der Waals surface area contributed by atoms with Crippen molar-refractivity contribution in [2.75, 3.05) is 23.4 Å². The van der Waals surface area contributed by atoms with E-state index in [0.717, 1.165) is 5.56 Å². The fourth-order valence-corrected chi connectivity index (χ4v) is 2.50. The van der Waals surface area contributed by atoms with Crippen LogP contribution in [-0.4, -0.2) is 25.0 Å². The van der Waals surface area contributed by atoms with Gasteiger partial charge in [0.2, 0.25) is 5.91 Å². The fourth-order valence-electron chi connectivity index (χ4n) is 2.33. The summed E-state index contributed by atoms with van der Waals surface area (Å²) in [6, 6.07) is 12.4. The molecule has 118 valence electrons. The van der Waals surface area contributed by atoms with E-state index in [4.69, 9.17) is 16.3 Å². The van der Waals surface area contributed by atoms with Crippen LogP contribution in [0.2, 0.25) is 5.02 Å². The highest BCUT2D eigenvalue weighted by molar-refractivity contribution is 6.31. The first-order valence-corrected chi connectivity index (χ1v) is 7.50. The van der Waals surface area contributed by atoms with Crippen LogP contribution in [0.3, 0.4) is 0 Å². The van der Waals surface area contributed by atoms with E-state index in [0.29, 0.717) is 22.1 Å². The maximum Gasteiger partial charge on any atom is 0.265 e. The normalized spacial score (nSPS) is 13.3. The van der Waals surface area contributed by atoms with Gasteiger partial charge in [-0.2, -0.15) is 0 Å². The van der Waals surface area contributed by atoms with Crippen molar-refractivity contribution in [1.82, 2.24) is 0 Å². The number of halogens is 1. The number of aryl methyl sites for hydroxylation is 1. The first-order valence-electron chi connectivity index (χ1n) is 7.12. The van der Waals surface area contributed by atoms with E-state index in [9.17, 15) is 9.59 Å². The molecular formula is C17H15ClN2O3. The molecule has 0 saturated heterocycles. The summed E-state index contributed by atoms with van der Waals surface area (Å²) in [6.45, 7) is 1.79. The second-order valence-electron chi connectivity index (χ2n) is 5.29. The summed E-state index contributed by atoms with van der Waals surface area (Å²) in [7, 11) is 0. The van der Waals surface area contributed by atoms with Gasteiger partial charge in [0.25, 0.3) is 5.91 Å². The summed E-state index contributed by atoms with van der Waals surface area (Å²) < 4.78 is 5.35. The number of carbonyl (C=O) groups excluding carboxylic acids is 2. The van der Waals surface area contributed by atoms with Gasteiger partial charge in [-0.25, -0.2) is 0 Å². The van der Waals surface area contributed by atoms with Gasteiger partial charge in [-0.1, -0.05) is 29.3 Å². The van der Waals surface area contributed by atoms with E-state index in [1.165, 1.54) is 4.90 Å². The minimum Gasteiger partial charge on any atom is -0.482 e. The van der Waals surface area contributed by atoms with Crippen molar-refractivity contribution < 1.29 is 14.3 Å². The lowest BCUT2D eigenvalue weighted by molar-refractivity contribution is -0.123. The third kappa shape index (κ3) is 3.46. The highest BCUT2D eigenvalue weighted by Gasteiger charge is 2.27. The number of nitrogens with one attached hydrogen (secondary N) is 1. The number of anilines is 2. The van der Waals surface area contributed by atoms with Crippen LogP contribution < -0.4 is 15.0 Å². The van der Waals surface area contributed by atoms with Gasteiger partial charge in [0.1, 0.15) is 12.3 Å². The molecule has 1 heterocycles. The van der Waals surface area contributed by atoms with E-state index in [2.05, 4.69) is 5.32 Å². The van der Waals surface area contributed by atoms with Crippen LogP contribution in [-0.2, 0) is 9.59 Å². The number of benzene rings is 2. The molecule has 0 radical (unpaired) electrons. The second-order valence-corrected chi connectivity index (χ2v) is 5.73. The topological polar surface area (TPSA) is 58.6 Å². The number of ether oxygens (including phenoxy) is 1. The van der Waals surface area contributed by atoms with E-state index in [-0.39, 0.29) is 25.0 Å². The average molecular weight is 331 g/mol. The molecule has 5 nitrogen and oxygen atoms in total. The summed E-state index contributed by atoms with van der Waals surface area (Å²) in [4.78, 5) is 25.7. The summed E-state index contributed by atoms with van der Waals surface area (Å²) in [5.74, 6) is -0.0222. The lowest BCUT2D eigenvalue weighted by Crippen LogP contribution is -2.43. The van der Waals surface area contributed by atoms with Gasteiger partial charge in [0.05, 0.1) is 5.69 Å². The summed E-state index contributed by atoms with van der Waals surface area (Å²) in [6.07, 6.45) is 0. The molecular weight excluding hydrogens is 316 g/mol. The Bertz CT molecular complexity index is 759. The Hall–Kier alpha value is -2.53. The molecule has 3 rings (SSSR count). The van der Waals surface area contributed by atoms with E-state index < -0.39 is 0 Å². The van der Waals surface area contributed by atoms with Gasteiger partial charge in [-0.3, -0.25) is 14.5 Å². The van der Waals surface area contributed by atoms with E-state index in [1.807, 2.05) is 31.2 Å². The summed E-state index contributed by atoms with van der Waals surface area (Å²) in [5, 5.41) is 3.25. The van der Waals surface area contributed by atoms with Gasteiger partial charge in [-0.05, 0) is 37.3 Å². The van der Waals surface area contributed by atoms with Gasteiger partial charge in [0.15, 0.2) is 6.61 Å². The molecule has 2 aromatic carbocycles. The predicted molar refractivity (Wildman–Crippen MR) is 89.1 cm³/mol. The van der Waals surface area contributed by atoms with Crippen LogP contribution in [0.1, 0.15) is 5.56 Å². The molecule has 0 fully saturated rings. The van der Waals surface area contributed by atoms with Gasteiger partial charge < -0.3 is 10.1 Å². The van der Waals surface area contributed by atoms with Crippen molar-refractivity contribution in [3.05, 3.63) is 53.1 Å². The lowest BCUT2D eigenvalue weighted by atomic mass is 10.2. The maximum atomic E-state index is 12.2. The van der Waals surface area contributed by atoms with Crippen LogP contribution in [0.4, 0.5) is 11.4 Å². The van der Waals surface area contributed by atoms with Crippen LogP contribution in [0, 0.1) is 6.92 Å². The minimum atomic E-state index is -0.282. The minimum absolute atomic E-state index is 0.0908. The highest BCUT2D eigenvalue weighted by atomic mass is 35.5. The van der Waals surface area contributed by atoms with Crippen molar-refractivity contribution in [1.29, 1.82) is 0 Å². The Labute approximate surface area is 138 Å². The summed E-state index contributed by atoms with van der Waals surface area (Å²) in [5.41, 5.74) is 2.30. The van der Waals surface area contributed by atoms with Crippen LogP contribution in [0.5, 0.6) is 5.75 Å². The third-order valence-corrected chi connectivity index (χ3v) is 3.74. The SMILES string of the molecule is Cc1ccc(NC(=O)CN2C(=O)COc3ccc(Cl)cc32)cc1. The Morgan fingerprint density at radius 3 is 2.74 bits per heavy atom. The van der Waals surface area contributed by atoms with E-state index >= 15 is 0 Å². The molecule has 0 unspecified atom stereocenters. The average Bonchev–Trinajstić information content (AvgIpc) is 2.52. The van der Waals surface area contributed by atoms with Gasteiger partial charge in [-0.15, -0.1) is 0 Å². The highest BCUT2D eigenvalue weighted by Crippen LogP contribution is 2.34. The summed E-state index contributed by atoms with van der Waals surface area (Å²) >= 11 is 5.98. The molecule has 0 atom stereocenters. The first-order chi connectivity index (χ1) is 11.0. The van der Waals surface area contributed by atoms with Gasteiger partial charge >= 0.3 is 0 Å². The first kappa shape index (κ1) is 15.4. The van der Waals surface area contributed by atoms with Crippen molar-refractivity contribution in [2.45, 2.75) is 6.92 Å². The number of carbonyl (C=O) groups is 2.